The lowest BCUT2D eigenvalue weighted by atomic mass is 9.86. The second kappa shape index (κ2) is 13.9. The SMILES string of the molecule is C=C/C(=C\N=c1cc(-c2cccc(-c3cccc(-c4ccc5c(c4)N(C)CCNC5)c3C)c2CCC)ccn1C)CNC. The van der Waals surface area contributed by atoms with Gasteiger partial charge in [-0.15, -0.1) is 0 Å². The zero-order chi connectivity index (χ0) is 30.3. The average Bonchev–Trinajstić information content (AvgIpc) is 3.21. The standard InChI is InChI=1S/C38H45N5/c1-7-11-35-34(30-18-20-43(6)38(23-30)41-25-28(8-2)24-39-4)14-10-15-36(35)33-13-9-12-32(27(33)3)29-16-17-31-26-40-19-21-42(5)37(31)22-29/h8-10,12-18,20,22-23,25,39-40H,2,7,11,19,21,24,26H2,1,3-6H3/b28-25+,41-38?. The third kappa shape index (κ3) is 6.58. The van der Waals surface area contributed by atoms with Crippen LogP contribution in [-0.4, -0.2) is 38.3 Å². The molecule has 222 valence electrons. The smallest absolute Gasteiger partial charge is 0.132 e. The summed E-state index contributed by atoms with van der Waals surface area (Å²) in [6.45, 7) is 12.1. The van der Waals surface area contributed by atoms with E-state index in [1.807, 2.05) is 26.4 Å². The summed E-state index contributed by atoms with van der Waals surface area (Å²) < 4.78 is 2.06. The Hall–Kier alpha value is -4.19. The molecular formula is C38H45N5. The van der Waals surface area contributed by atoms with E-state index in [1.54, 1.807) is 0 Å². The van der Waals surface area contributed by atoms with Crippen LogP contribution in [0.2, 0.25) is 0 Å². The van der Waals surface area contributed by atoms with Crippen LogP contribution < -0.4 is 21.0 Å². The molecule has 0 saturated carbocycles. The van der Waals surface area contributed by atoms with E-state index in [2.05, 4.69) is 121 Å². The molecular weight excluding hydrogens is 526 g/mol. The quantitative estimate of drug-likeness (QED) is 0.212. The maximum absolute atomic E-state index is 4.82. The molecule has 0 radical (unpaired) electrons. The van der Waals surface area contributed by atoms with Crippen LogP contribution in [0.1, 0.15) is 30.0 Å². The molecule has 5 nitrogen and oxygen atoms in total. The Kier molecular flexibility index (Phi) is 9.75. The molecule has 0 atom stereocenters. The van der Waals surface area contributed by atoms with Gasteiger partial charge in [0.1, 0.15) is 5.49 Å². The first-order valence-electron chi connectivity index (χ1n) is 15.4. The molecule has 0 bridgehead atoms. The third-order valence-electron chi connectivity index (χ3n) is 8.49. The van der Waals surface area contributed by atoms with Gasteiger partial charge in [0.2, 0.25) is 0 Å². The van der Waals surface area contributed by atoms with Crippen LogP contribution in [0.15, 0.2) is 102 Å². The van der Waals surface area contributed by atoms with Crippen molar-refractivity contribution >= 4 is 5.69 Å². The lowest BCUT2D eigenvalue weighted by Crippen LogP contribution is -2.24. The number of aryl methyl sites for hydroxylation is 1. The Balaban J connectivity index is 1.61. The van der Waals surface area contributed by atoms with Crippen LogP contribution in [0.4, 0.5) is 5.69 Å². The van der Waals surface area contributed by atoms with Gasteiger partial charge in [-0.25, -0.2) is 4.99 Å². The molecule has 5 heteroatoms. The summed E-state index contributed by atoms with van der Waals surface area (Å²) in [4.78, 5) is 7.19. The first-order chi connectivity index (χ1) is 20.9. The van der Waals surface area contributed by atoms with Crippen LogP contribution in [0.25, 0.3) is 33.4 Å². The average molecular weight is 572 g/mol. The molecule has 43 heavy (non-hydrogen) atoms. The molecule has 2 N–H and O–H groups in total. The lowest BCUT2D eigenvalue weighted by molar-refractivity contribution is 0.707. The minimum Gasteiger partial charge on any atom is -0.373 e. The van der Waals surface area contributed by atoms with Gasteiger partial charge in [0.05, 0.1) is 0 Å². The number of benzene rings is 3. The van der Waals surface area contributed by atoms with E-state index in [0.717, 1.165) is 50.1 Å². The Bertz CT molecular complexity index is 1710. The predicted octanol–water partition coefficient (Wildman–Crippen LogP) is 7.02. The molecule has 0 fully saturated rings. The highest BCUT2D eigenvalue weighted by molar-refractivity contribution is 5.84. The first-order valence-corrected chi connectivity index (χ1v) is 15.4. The topological polar surface area (TPSA) is 44.6 Å². The van der Waals surface area contributed by atoms with Gasteiger partial charge in [0.15, 0.2) is 0 Å². The minimum absolute atomic E-state index is 0.733. The zero-order valence-electron chi connectivity index (χ0n) is 26.4. The predicted molar refractivity (Wildman–Crippen MR) is 183 cm³/mol. The first kappa shape index (κ1) is 30.3. The van der Waals surface area contributed by atoms with Crippen molar-refractivity contribution in [3.8, 4) is 33.4 Å². The number of aromatic nitrogens is 1. The summed E-state index contributed by atoms with van der Waals surface area (Å²) in [5.41, 5.74) is 14.9. The largest absolute Gasteiger partial charge is 0.373 e. The number of hydrogen-bond donors (Lipinski definition) is 2. The highest BCUT2D eigenvalue weighted by atomic mass is 15.1. The number of fused-ring (bicyclic) bond motifs is 1. The van der Waals surface area contributed by atoms with Crippen LogP contribution in [0, 0.1) is 6.92 Å². The van der Waals surface area contributed by atoms with Gasteiger partial charge in [-0.05, 0) is 94.2 Å². The fourth-order valence-electron chi connectivity index (χ4n) is 6.07. The number of hydrogen-bond acceptors (Lipinski definition) is 4. The summed E-state index contributed by atoms with van der Waals surface area (Å²) >= 11 is 0. The van der Waals surface area contributed by atoms with Crippen LogP contribution in [-0.2, 0) is 20.0 Å². The third-order valence-corrected chi connectivity index (χ3v) is 8.49. The molecule has 3 aromatic carbocycles. The van der Waals surface area contributed by atoms with Crippen molar-refractivity contribution in [1.29, 1.82) is 0 Å². The molecule has 0 spiro atoms. The molecule has 0 unspecified atom stereocenters. The van der Waals surface area contributed by atoms with Crippen LogP contribution in [0.3, 0.4) is 0 Å². The van der Waals surface area contributed by atoms with E-state index in [1.165, 1.54) is 55.8 Å². The van der Waals surface area contributed by atoms with Crippen molar-refractivity contribution in [3.05, 3.63) is 120 Å². The number of pyridine rings is 1. The van der Waals surface area contributed by atoms with Crippen molar-refractivity contribution in [3.63, 3.8) is 0 Å². The number of nitrogens with zero attached hydrogens (tertiary/aromatic N) is 3. The fraction of sp³-hybridized carbons (Fsp3) is 0.289. The second-order valence-electron chi connectivity index (χ2n) is 11.5. The van der Waals surface area contributed by atoms with Crippen molar-refractivity contribution in [2.45, 2.75) is 33.2 Å². The molecule has 2 heterocycles. The van der Waals surface area contributed by atoms with Gasteiger partial charge in [-0.1, -0.05) is 74.5 Å². The minimum atomic E-state index is 0.733. The number of likely N-dealkylation sites (N-methyl/N-ethyl adjacent to an activating group) is 2. The van der Waals surface area contributed by atoms with Gasteiger partial charge >= 0.3 is 0 Å². The van der Waals surface area contributed by atoms with Gasteiger partial charge < -0.3 is 20.1 Å². The van der Waals surface area contributed by atoms with E-state index in [4.69, 9.17) is 4.99 Å². The molecule has 4 aromatic rings. The van der Waals surface area contributed by atoms with Crippen LogP contribution in [0.5, 0.6) is 0 Å². The van der Waals surface area contributed by atoms with E-state index >= 15 is 0 Å². The number of anilines is 1. The lowest BCUT2D eigenvalue weighted by Gasteiger charge is -2.21. The van der Waals surface area contributed by atoms with Gasteiger partial charge in [-0.3, -0.25) is 0 Å². The Morgan fingerprint density at radius 3 is 2.49 bits per heavy atom. The molecule has 1 aliphatic heterocycles. The zero-order valence-corrected chi connectivity index (χ0v) is 26.4. The molecule has 1 aliphatic rings. The second-order valence-corrected chi connectivity index (χ2v) is 11.5. The summed E-state index contributed by atoms with van der Waals surface area (Å²) in [6, 6.07) is 24.9. The highest BCUT2D eigenvalue weighted by Crippen LogP contribution is 2.38. The van der Waals surface area contributed by atoms with Gasteiger partial charge in [-0.2, -0.15) is 0 Å². The number of nitrogens with one attached hydrogen (secondary N) is 2. The molecule has 5 rings (SSSR count). The molecule has 0 saturated heterocycles. The van der Waals surface area contributed by atoms with Crippen molar-refractivity contribution in [1.82, 2.24) is 15.2 Å². The summed E-state index contributed by atoms with van der Waals surface area (Å²) in [5, 5.41) is 6.72. The normalized spacial score (nSPS) is 14.0. The van der Waals surface area contributed by atoms with E-state index in [9.17, 15) is 0 Å². The molecule has 0 aliphatic carbocycles. The highest BCUT2D eigenvalue weighted by Gasteiger charge is 2.17. The summed E-state index contributed by atoms with van der Waals surface area (Å²) in [5.74, 6) is 0. The van der Waals surface area contributed by atoms with Crippen molar-refractivity contribution < 1.29 is 0 Å². The van der Waals surface area contributed by atoms with Crippen molar-refractivity contribution in [2.24, 2.45) is 12.0 Å². The van der Waals surface area contributed by atoms with Crippen molar-refractivity contribution in [2.75, 3.05) is 38.6 Å². The monoisotopic (exact) mass is 571 g/mol. The Labute approximate surface area is 257 Å². The summed E-state index contributed by atoms with van der Waals surface area (Å²) in [6.07, 6.45) is 7.93. The van der Waals surface area contributed by atoms with E-state index < -0.39 is 0 Å². The Morgan fingerprint density at radius 2 is 1.72 bits per heavy atom. The van der Waals surface area contributed by atoms with Crippen LogP contribution >= 0.6 is 0 Å². The Morgan fingerprint density at radius 1 is 0.977 bits per heavy atom. The maximum atomic E-state index is 4.82. The molecule has 1 aromatic heterocycles. The van der Waals surface area contributed by atoms with E-state index in [0.29, 0.717) is 0 Å². The maximum Gasteiger partial charge on any atom is 0.132 e. The molecule has 0 amide bonds. The number of rotatable bonds is 9. The fourth-order valence-corrected chi connectivity index (χ4v) is 6.07. The van der Waals surface area contributed by atoms with Gasteiger partial charge in [0, 0.05) is 58.4 Å². The van der Waals surface area contributed by atoms with E-state index in [-0.39, 0.29) is 0 Å². The summed E-state index contributed by atoms with van der Waals surface area (Å²) in [7, 11) is 6.17. The van der Waals surface area contributed by atoms with Gasteiger partial charge in [0.25, 0.3) is 0 Å².